The summed E-state index contributed by atoms with van der Waals surface area (Å²) in [7, 11) is 0. The largest absolute Gasteiger partial charge is 0.236 e. The quantitative estimate of drug-likeness (QED) is 0.201. The van der Waals surface area contributed by atoms with Crippen molar-refractivity contribution in [2.24, 2.45) is 0 Å². The summed E-state index contributed by atoms with van der Waals surface area (Å²) in [5, 5.41) is 3.26. The molecule has 7 rings (SSSR count). The van der Waals surface area contributed by atoms with Crippen molar-refractivity contribution in [2.75, 3.05) is 0 Å². The van der Waals surface area contributed by atoms with Crippen LogP contribution in [-0.2, 0) is 0 Å². The molecule has 7 aromatic rings. The van der Waals surface area contributed by atoms with E-state index in [-0.39, 0.29) is 0 Å². The number of hydrogen-bond donors (Lipinski definition) is 0. The normalized spacial score (nSPS) is 11.4. The highest BCUT2D eigenvalue weighted by Gasteiger charge is 2.12. The van der Waals surface area contributed by atoms with E-state index in [9.17, 15) is 13.2 Å². The van der Waals surface area contributed by atoms with Crippen LogP contribution in [-0.4, -0.2) is 4.98 Å². The lowest BCUT2D eigenvalue weighted by molar-refractivity contribution is 0.448. The number of para-hydroxylation sites is 1. The molecule has 0 spiro atoms. The first-order chi connectivity index (χ1) is 19.5. The molecule has 0 atom stereocenters. The first kappa shape index (κ1) is 24.3. The maximum Gasteiger partial charge on any atom is 0.194 e. The summed E-state index contributed by atoms with van der Waals surface area (Å²) in [5.74, 6) is -3.85. The van der Waals surface area contributed by atoms with Gasteiger partial charge in [0.1, 0.15) is 5.01 Å². The molecule has 0 bridgehead atoms. The summed E-state index contributed by atoms with van der Waals surface area (Å²) >= 11 is 1.70. The molecule has 5 heteroatoms. The predicted molar refractivity (Wildman–Crippen MR) is 159 cm³/mol. The maximum atomic E-state index is 13.7. The van der Waals surface area contributed by atoms with Crippen molar-refractivity contribution in [1.82, 2.24) is 4.98 Å². The second-order valence-corrected chi connectivity index (χ2v) is 10.7. The van der Waals surface area contributed by atoms with Gasteiger partial charge >= 0.3 is 0 Å². The third-order valence-electron chi connectivity index (χ3n) is 7.13. The Kier molecular flexibility index (Phi) is 5.94. The molecule has 0 saturated carbocycles. The van der Waals surface area contributed by atoms with Crippen molar-refractivity contribution in [3.8, 4) is 44.0 Å². The Bertz CT molecular complexity index is 1970. The fraction of sp³-hybridized carbons (Fsp3) is 0. The number of fused-ring (bicyclic) bond motifs is 2. The van der Waals surface area contributed by atoms with E-state index in [4.69, 9.17) is 4.98 Å². The molecule has 40 heavy (non-hydrogen) atoms. The van der Waals surface area contributed by atoms with Crippen molar-refractivity contribution in [3.05, 3.63) is 139 Å². The van der Waals surface area contributed by atoms with Crippen LogP contribution in [0.4, 0.5) is 13.2 Å². The molecular weight excluding hydrogens is 523 g/mol. The molecule has 0 aliphatic heterocycles. The summed E-state index contributed by atoms with van der Waals surface area (Å²) in [6.07, 6.45) is 0. The molecule has 192 valence electrons. The predicted octanol–water partition coefficient (Wildman–Crippen LogP) is 10.5. The van der Waals surface area contributed by atoms with E-state index in [2.05, 4.69) is 66.7 Å². The molecule has 0 unspecified atom stereocenters. The highest BCUT2D eigenvalue weighted by atomic mass is 32.1. The first-order valence-corrected chi connectivity index (χ1v) is 13.6. The number of halogens is 3. The number of rotatable bonds is 4. The summed E-state index contributed by atoms with van der Waals surface area (Å²) < 4.78 is 41.8. The van der Waals surface area contributed by atoms with Crippen molar-refractivity contribution in [1.29, 1.82) is 0 Å². The molecule has 0 aliphatic rings. The van der Waals surface area contributed by atoms with Gasteiger partial charge in [0, 0.05) is 5.56 Å². The van der Waals surface area contributed by atoms with Gasteiger partial charge in [-0.2, -0.15) is 0 Å². The zero-order valence-corrected chi connectivity index (χ0v) is 21.9. The highest BCUT2D eigenvalue weighted by Crippen LogP contribution is 2.33. The van der Waals surface area contributed by atoms with Gasteiger partial charge < -0.3 is 0 Å². The Morgan fingerprint density at radius 3 is 1.48 bits per heavy atom. The molecule has 1 nitrogen and oxygen atoms in total. The van der Waals surface area contributed by atoms with E-state index < -0.39 is 17.5 Å². The fourth-order valence-electron chi connectivity index (χ4n) is 4.98. The van der Waals surface area contributed by atoms with Crippen LogP contribution in [0.15, 0.2) is 121 Å². The molecule has 6 aromatic carbocycles. The van der Waals surface area contributed by atoms with Crippen molar-refractivity contribution in [3.63, 3.8) is 0 Å². The second kappa shape index (κ2) is 9.78. The third kappa shape index (κ3) is 4.44. The van der Waals surface area contributed by atoms with Crippen LogP contribution in [0, 0.1) is 17.5 Å². The number of hydrogen-bond acceptors (Lipinski definition) is 2. The molecular formula is C35H20F3NS. The van der Waals surface area contributed by atoms with Crippen molar-refractivity contribution in [2.45, 2.75) is 0 Å². The Labute approximate surface area is 232 Å². The number of nitrogens with zero attached hydrogens (tertiary/aromatic N) is 1. The van der Waals surface area contributed by atoms with Gasteiger partial charge in [-0.15, -0.1) is 11.3 Å². The monoisotopic (exact) mass is 543 g/mol. The van der Waals surface area contributed by atoms with Crippen LogP contribution < -0.4 is 0 Å². The molecule has 0 aliphatic carbocycles. The van der Waals surface area contributed by atoms with E-state index in [1.54, 1.807) is 23.5 Å². The van der Waals surface area contributed by atoms with Gasteiger partial charge in [-0.3, -0.25) is 0 Å². The van der Waals surface area contributed by atoms with E-state index >= 15 is 0 Å². The van der Waals surface area contributed by atoms with Gasteiger partial charge in [-0.1, -0.05) is 84.9 Å². The van der Waals surface area contributed by atoms with Crippen LogP contribution in [0.1, 0.15) is 0 Å². The zero-order valence-electron chi connectivity index (χ0n) is 21.0. The van der Waals surface area contributed by atoms with E-state index in [0.29, 0.717) is 11.1 Å². The molecule has 0 radical (unpaired) electrons. The van der Waals surface area contributed by atoms with E-state index in [1.165, 1.54) is 4.70 Å². The third-order valence-corrected chi connectivity index (χ3v) is 8.22. The van der Waals surface area contributed by atoms with Crippen molar-refractivity contribution < 1.29 is 13.2 Å². The second-order valence-electron chi connectivity index (χ2n) is 9.67. The molecule has 0 saturated heterocycles. The average Bonchev–Trinajstić information content (AvgIpc) is 3.44. The lowest BCUT2D eigenvalue weighted by Crippen LogP contribution is -1.91. The van der Waals surface area contributed by atoms with Crippen molar-refractivity contribution >= 4 is 32.3 Å². The number of thiazole rings is 1. The summed E-state index contributed by atoms with van der Waals surface area (Å²) in [4.78, 5) is 4.76. The SMILES string of the molecule is Fc1cc(-c2ccc(-c3ccc4cc(-c5ccc(-c6nc7ccccc7s6)cc5)ccc4c3)cc2)cc(F)c1F. The Morgan fingerprint density at radius 1 is 0.450 bits per heavy atom. The van der Waals surface area contributed by atoms with Crippen LogP contribution in [0.25, 0.3) is 64.9 Å². The Balaban J connectivity index is 1.14. The Morgan fingerprint density at radius 2 is 0.925 bits per heavy atom. The van der Waals surface area contributed by atoms with Crippen LogP contribution >= 0.6 is 11.3 Å². The fourth-order valence-corrected chi connectivity index (χ4v) is 5.95. The van der Waals surface area contributed by atoms with Gasteiger partial charge in [0.15, 0.2) is 17.5 Å². The minimum atomic E-state index is -1.46. The smallest absolute Gasteiger partial charge is 0.194 e. The van der Waals surface area contributed by atoms with Crippen LogP contribution in [0.2, 0.25) is 0 Å². The first-order valence-electron chi connectivity index (χ1n) is 12.8. The van der Waals surface area contributed by atoms with E-state index in [1.807, 2.05) is 30.3 Å². The molecule has 0 N–H and O–H groups in total. The number of aromatic nitrogens is 1. The minimum Gasteiger partial charge on any atom is -0.236 e. The summed E-state index contributed by atoms with van der Waals surface area (Å²) in [6.45, 7) is 0. The average molecular weight is 544 g/mol. The van der Waals surface area contributed by atoms with Gasteiger partial charge in [0.05, 0.1) is 10.2 Å². The number of benzene rings is 6. The zero-order chi connectivity index (χ0) is 27.2. The van der Waals surface area contributed by atoms with Gasteiger partial charge in [-0.05, 0) is 80.6 Å². The van der Waals surface area contributed by atoms with Gasteiger partial charge in [0.25, 0.3) is 0 Å². The molecule has 0 amide bonds. The summed E-state index contributed by atoms with van der Waals surface area (Å²) in [5.41, 5.74) is 7.32. The lowest BCUT2D eigenvalue weighted by Gasteiger charge is -2.09. The maximum absolute atomic E-state index is 13.7. The van der Waals surface area contributed by atoms with Crippen LogP contribution in [0.3, 0.4) is 0 Å². The topological polar surface area (TPSA) is 12.9 Å². The Hall–Kier alpha value is -4.74. The minimum absolute atomic E-state index is 0.294. The van der Waals surface area contributed by atoms with E-state index in [0.717, 1.165) is 61.2 Å². The molecule has 1 heterocycles. The standard InChI is InChI=1S/C35H20F3NS/c36-30-19-29(20-31(37)34(30)38)23-7-5-21(6-8-23)25-13-15-28-18-26(14-16-27(28)17-25)22-9-11-24(12-10-22)35-39-32-3-1-2-4-33(32)40-35/h1-20H. The highest BCUT2D eigenvalue weighted by molar-refractivity contribution is 7.21. The van der Waals surface area contributed by atoms with Gasteiger partial charge in [-0.25, -0.2) is 18.2 Å². The summed E-state index contributed by atoms with van der Waals surface area (Å²) in [6, 6.07) is 38.8. The molecule has 0 fully saturated rings. The van der Waals surface area contributed by atoms with Gasteiger partial charge in [0.2, 0.25) is 0 Å². The lowest BCUT2D eigenvalue weighted by atomic mass is 9.96. The van der Waals surface area contributed by atoms with Crippen LogP contribution in [0.5, 0.6) is 0 Å². The molecule has 1 aromatic heterocycles.